The summed E-state index contributed by atoms with van der Waals surface area (Å²) in [6, 6.07) is 3.46. The lowest BCUT2D eigenvalue weighted by Crippen LogP contribution is -2.18. The Morgan fingerprint density at radius 3 is 3.17 bits per heavy atom. The van der Waals surface area contributed by atoms with Gasteiger partial charge in [0.2, 0.25) is 0 Å². The highest BCUT2D eigenvalue weighted by Gasteiger charge is 2.16. The normalized spacial score (nSPS) is 14.5. The van der Waals surface area contributed by atoms with E-state index >= 15 is 0 Å². The third-order valence-corrected chi connectivity index (χ3v) is 2.33. The van der Waals surface area contributed by atoms with Crippen LogP contribution in [0.5, 0.6) is 5.75 Å². The third-order valence-electron chi connectivity index (χ3n) is 1.71. The summed E-state index contributed by atoms with van der Waals surface area (Å²) in [6.07, 6.45) is 0. The quantitative estimate of drug-likeness (QED) is 0.741. The number of fused-ring (bicyclic) bond motifs is 1. The first-order chi connectivity index (χ1) is 5.79. The Kier molecular flexibility index (Phi) is 1.92. The monoisotopic (exact) mass is 231 g/mol. The zero-order valence-electron chi connectivity index (χ0n) is 6.23. The molecule has 0 unspecified atom stereocenters. The van der Waals surface area contributed by atoms with Crippen molar-refractivity contribution in [3.63, 3.8) is 0 Å². The van der Waals surface area contributed by atoms with Crippen LogP contribution in [0, 0.1) is 5.82 Å². The lowest BCUT2D eigenvalue weighted by atomic mass is 10.2. The highest BCUT2D eigenvalue weighted by atomic mass is 79.9. The number of rotatable bonds is 0. The molecule has 1 heterocycles. The van der Waals surface area contributed by atoms with Crippen LogP contribution in [0.4, 0.5) is 10.1 Å². The Morgan fingerprint density at radius 2 is 2.33 bits per heavy atom. The molecule has 0 saturated carbocycles. The van der Waals surface area contributed by atoms with Gasteiger partial charge < -0.3 is 10.1 Å². The van der Waals surface area contributed by atoms with Crippen LogP contribution in [0.2, 0.25) is 0 Å². The van der Waals surface area contributed by atoms with Gasteiger partial charge in [-0.1, -0.05) is 0 Å². The molecule has 4 heteroatoms. The highest BCUT2D eigenvalue weighted by Crippen LogP contribution is 2.34. The number of benzene rings is 1. The molecule has 1 aromatic carbocycles. The maximum Gasteiger partial charge on any atom is 0.181 e. The number of hydrogen-bond acceptors (Lipinski definition) is 2. The van der Waals surface area contributed by atoms with E-state index in [1.165, 1.54) is 0 Å². The third kappa shape index (κ3) is 1.16. The molecule has 0 spiro atoms. The Bertz CT molecular complexity index is 316. The highest BCUT2D eigenvalue weighted by molar-refractivity contribution is 9.10. The van der Waals surface area contributed by atoms with Gasteiger partial charge in [0, 0.05) is 6.54 Å². The van der Waals surface area contributed by atoms with Crippen LogP contribution in [0.3, 0.4) is 0 Å². The Labute approximate surface area is 77.9 Å². The van der Waals surface area contributed by atoms with Crippen LogP contribution in [0.1, 0.15) is 0 Å². The first-order valence-electron chi connectivity index (χ1n) is 3.64. The largest absolute Gasteiger partial charge is 0.486 e. The molecule has 64 valence electrons. The maximum absolute atomic E-state index is 13.3. The van der Waals surface area contributed by atoms with Crippen LogP contribution in [-0.2, 0) is 0 Å². The van der Waals surface area contributed by atoms with Crippen LogP contribution < -0.4 is 10.1 Å². The molecule has 1 aromatic rings. The molecule has 0 saturated heterocycles. The minimum atomic E-state index is -0.334. The van der Waals surface area contributed by atoms with Crippen LogP contribution in [0.25, 0.3) is 0 Å². The Morgan fingerprint density at radius 1 is 1.50 bits per heavy atom. The number of halogens is 2. The van der Waals surface area contributed by atoms with E-state index in [0.717, 1.165) is 12.2 Å². The minimum absolute atomic E-state index is 0.315. The predicted molar refractivity (Wildman–Crippen MR) is 48.1 cm³/mol. The summed E-state index contributed by atoms with van der Waals surface area (Å²) in [7, 11) is 0. The second-order valence-corrected chi connectivity index (χ2v) is 3.37. The number of hydrogen-bond donors (Lipinski definition) is 1. The fourth-order valence-corrected chi connectivity index (χ4v) is 1.46. The van der Waals surface area contributed by atoms with E-state index in [1.807, 2.05) is 0 Å². The van der Waals surface area contributed by atoms with Crippen LogP contribution in [0.15, 0.2) is 16.6 Å². The summed E-state index contributed by atoms with van der Waals surface area (Å²) in [4.78, 5) is 0. The van der Waals surface area contributed by atoms with Crippen LogP contribution >= 0.6 is 15.9 Å². The smallest absolute Gasteiger partial charge is 0.181 e. The van der Waals surface area contributed by atoms with E-state index in [1.54, 1.807) is 12.1 Å². The van der Waals surface area contributed by atoms with Crippen molar-refractivity contribution in [1.29, 1.82) is 0 Å². The molecular weight excluding hydrogens is 225 g/mol. The molecule has 0 amide bonds. The standard InChI is InChI=1S/C8H7BrFNO/c9-5-1-2-6-8(7(5)10)12-4-3-11-6/h1-2,11H,3-4H2. The molecule has 0 bridgehead atoms. The van der Waals surface area contributed by atoms with Gasteiger partial charge in [-0.25, -0.2) is 4.39 Å². The van der Waals surface area contributed by atoms with Gasteiger partial charge in [0.15, 0.2) is 11.6 Å². The van der Waals surface area contributed by atoms with Gasteiger partial charge in [0.1, 0.15) is 6.61 Å². The fourth-order valence-electron chi connectivity index (χ4n) is 1.15. The van der Waals surface area contributed by atoms with Crippen molar-refractivity contribution in [2.75, 3.05) is 18.5 Å². The summed E-state index contributed by atoms with van der Waals surface area (Å²) < 4.78 is 18.9. The molecule has 12 heavy (non-hydrogen) atoms. The molecule has 2 nitrogen and oxygen atoms in total. The van der Waals surface area contributed by atoms with E-state index in [9.17, 15) is 4.39 Å². The maximum atomic E-state index is 13.3. The summed E-state index contributed by atoms with van der Waals surface area (Å²) in [6.45, 7) is 1.24. The molecular formula is C8H7BrFNO. The first-order valence-corrected chi connectivity index (χ1v) is 4.43. The number of ether oxygens (including phenoxy) is 1. The van der Waals surface area contributed by atoms with Crippen molar-refractivity contribution < 1.29 is 9.13 Å². The lowest BCUT2D eigenvalue weighted by molar-refractivity contribution is 0.305. The van der Waals surface area contributed by atoms with Crippen molar-refractivity contribution in [1.82, 2.24) is 0 Å². The van der Waals surface area contributed by atoms with Gasteiger partial charge in [0.05, 0.1) is 10.2 Å². The Balaban J connectivity index is 2.54. The SMILES string of the molecule is Fc1c(Br)ccc2c1OCCN2. The molecule has 1 aliphatic rings. The molecule has 2 rings (SSSR count). The van der Waals surface area contributed by atoms with E-state index in [-0.39, 0.29) is 5.82 Å². The summed E-state index contributed by atoms with van der Waals surface area (Å²) >= 11 is 3.09. The summed E-state index contributed by atoms with van der Waals surface area (Å²) in [5, 5.41) is 3.04. The van der Waals surface area contributed by atoms with Crippen molar-refractivity contribution in [3.05, 3.63) is 22.4 Å². The summed E-state index contributed by atoms with van der Waals surface area (Å²) in [5.74, 6) is -0.0182. The number of anilines is 1. The van der Waals surface area contributed by atoms with Crippen LogP contribution in [-0.4, -0.2) is 13.2 Å². The van der Waals surface area contributed by atoms with E-state index < -0.39 is 0 Å². The fraction of sp³-hybridized carbons (Fsp3) is 0.250. The molecule has 0 atom stereocenters. The van der Waals surface area contributed by atoms with Gasteiger partial charge in [-0.15, -0.1) is 0 Å². The van der Waals surface area contributed by atoms with Crippen molar-refractivity contribution >= 4 is 21.6 Å². The first kappa shape index (κ1) is 7.86. The predicted octanol–water partition coefficient (Wildman–Crippen LogP) is 2.39. The average molecular weight is 232 g/mol. The number of nitrogens with one attached hydrogen (secondary N) is 1. The van der Waals surface area contributed by atoms with E-state index in [4.69, 9.17) is 4.74 Å². The minimum Gasteiger partial charge on any atom is -0.486 e. The van der Waals surface area contributed by atoms with Gasteiger partial charge >= 0.3 is 0 Å². The van der Waals surface area contributed by atoms with Gasteiger partial charge in [-0.05, 0) is 28.1 Å². The molecule has 1 N–H and O–H groups in total. The molecule has 0 radical (unpaired) electrons. The lowest BCUT2D eigenvalue weighted by Gasteiger charge is -2.19. The van der Waals surface area contributed by atoms with Crippen molar-refractivity contribution in [2.45, 2.75) is 0 Å². The molecule has 0 fully saturated rings. The second-order valence-electron chi connectivity index (χ2n) is 2.51. The van der Waals surface area contributed by atoms with E-state index in [0.29, 0.717) is 16.8 Å². The van der Waals surface area contributed by atoms with Gasteiger partial charge in [-0.2, -0.15) is 0 Å². The second kappa shape index (κ2) is 2.94. The molecule has 1 aliphatic heterocycles. The zero-order chi connectivity index (χ0) is 8.55. The zero-order valence-corrected chi connectivity index (χ0v) is 7.82. The average Bonchev–Trinajstić information content (AvgIpc) is 2.12. The van der Waals surface area contributed by atoms with Gasteiger partial charge in [-0.3, -0.25) is 0 Å². The van der Waals surface area contributed by atoms with Crippen molar-refractivity contribution in [3.8, 4) is 5.75 Å². The van der Waals surface area contributed by atoms with E-state index in [2.05, 4.69) is 21.2 Å². The molecule has 0 aliphatic carbocycles. The topological polar surface area (TPSA) is 21.3 Å². The van der Waals surface area contributed by atoms with Crippen molar-refractivity contribution in [2.24, 2.45) is 0 Å². The Hall–Kier alpha value is -0.770. The van der Waals surface area contributed by atoms with Gasteiger partial charge in [0.25, 0.3) is 0 Å². The molecule has 0 aromatic heterocycles. The summed E-state index contributed by atoms with van der Waals surface area (Å²) in [5.41, 5.74) is 0.724.